The second-order valence-electron chi connectivity index (χ2n) is 6.16. The number of carbonyl (C=O) groups excluding carboxylic acids is 2. The lowest BCUT2D eigenvalue weighted by atomic mass is 9.90. The minimum absolute atomic E-state index is 0.0920. The van der Waals surface area contributed by atoms with Crippen molar-refractivity contribution >= 4 is 23.2 Å². The Morgan fingerprint density at radius 1 is 1.26 bits per heavy atom. The first-order valence-corrected chi connectivity index (χ1v) is 8.24. The Morgan fingerprint density at radius 3 is 2.96 bits per heavy atom. The van der Waals surface area contributed by atoms with Crippen LogP contribution in [0.1, 0.15) is 23.6 Å². The number of fused-ring (bicyclic) bond motifs is 2. The zero-order valence-electron chi connectivity index (χ0n) is 14.0. The van der Waals surface area contributed by atoms with Crippen molar-refractivity contribution < 1.29 is 18.7 Å². The first kappa shape index (κ1) is 16.9. The molecule has 3 aromatic rings. The van der Waals surface area contributed by atoms with Crippen LogP contribution in [0.4, 0.5) is 10.1 Å². The van der Waals surface area contributed by atoms with Gasteiger partial charge in [-0.2, -0.15) is 0 Å². The highest BCUT2D eigenvalue weighted by atomic mass is 19.1. The topological polar surface area (TPSA) is 89.8 Å². The third-order valence-corrected chi connectivity index (χ3v) is 4.33. The van der Waals surface area contributed by atoms with E-state index in [1.165, 1.54) is 28.7 Å². The van der Waals surface area contributed by atoms with Crippen LogP contribution in [0.5, 0.6) is 0 Å². The standard InChI is InChI=1S/C19H14FN3O4/c20-11-4-5-13-14(9-17(24)22-15(13)7-11)19(26)27-10-12-8-18(25)23-6-2-1-3-16(23)21-12/h1-8,14H,9-10H2,(H,22,24)/t14-/m1/s1. The second kappa shape index (κ2) is 6.64. The molecule has 0 unspecified atom stereocenters. The molecule has 7 nitrogen and oxygen atoms in total. The van der Waals surface area contributed by atoms with Crippen LogP contribution in [0, 0.1) is 5.82 Å². The number of esters is 1. The van der Waals surface area contributed by atoms with Crippen LogP contribution in [0.25, 0.3) is 5.65 Å². The number of hydrogen-bond acceptors (Lipinski definition) is 5. The Bertz CT molecular complexity index is 1130. The van der Waals surface area contributed by atoms with Crippen molar-refractivity contribution in [2.45, 2.75) is 18.9 Å². The van der Waals surface area contributed by atoms with Crippen LogP contribution in [0.3, 0.4) is 0 Å². The van der Waals surface area contributed by atoms with E-state index in [4.69, 9.17) is 4.74 Å². The van der Waals surface area contributed by atoms with Gasteiger partial charge in [-0.25, -0.2) is 9.37 Å². The molecule has 136 valence electrons. The van der Waals surface area contributed by atoms with Gasteiger partial charge in [-0.15, -0.1) is 0 Å². The van der Waals surface area contributed by atoms with Gasteiger partial charge in [0.1, 0.15) is 18.1 Å². The predicted molar refractivity (Wildman–Crippen MR) is 93.6 cm³/mol. The van der Waals surface area contributed by atoms with Crippen LogP contribution in [0.15, 0.2) is 53.5 Å². The Kier molecular flexibility index (Phi) is 4.15. The zero-order chi connectivity index (χ0) is 19.0. The molecule has 0 saturated carbocycles. The molecular formula is C19H14FN3O4. The lowest BCUT2D eigenvalue weighted by Crippen LogP contribution is -2.28. The highest BCUT2D eigenvalue weighted by Crippen LogP contribution is 2.33. The maximum atomic E-state index is 13.4. The molecule has 1 aliphatic heterocycles. The van der Waals surface area contributed by atoms with Crippen molar-refractivity contribution in [3.63, 3.8) is 0 Å². The quantitative estimate of drug-likeness (QED) is 0.715. The molecule has 2 aromatic heterocycles. The van der Waals surface area contributed by atoms with E-state index in [1.54, 1.807) is 24.4 Å². The number of rotatable bonds is 3. The molecule has 0 aliphatic carbocycles. The number of pyridine rings is 1. The number of amides is 1. The number of nitrogens with zero attached hydrogens (tertiary/aromatic N) is 2. The Balaban J connectivity index is 1.55. The number of ether oxygens (including phenoxy) is 1. The van der Waals surface area contributed by atoms with E-state index in [0.29, 0.717) is 16.9 Å². The van der Waals surface area contributed by atoms with E-state index in [-0.39, 0.29) is 24.3 Å². The fraction of sp³-hybridized carbons (Fsp3) is 0.158. The van der Waals surface area contributed by atoms with Gasteiger partial charge >= 0.3 is 5.97 Å². The molecule has 4 rings (SSSR count). The summed E-state index contributed by atoms with van der Waals surface area (Å²) in [6.45, 7) is -0.200. The van der Waals surface area contributed by atoms with E-state index < -0.39 is 23.6 Å². The van der Waals surface area contributed by atoms with Crippen molar-refractivity contribution in [3.05, 3.63) is 76.1 Å². The smallest absolute Gasteiger partial charge is 0.314 e. The summed E-state index contributed by atoms with van der Waals surface area (Å²) in [5.74, 6) is -2.37. The Hall–Kier alpha value is -3.55. The van der Waals surface area contributed by atoms with Crippen LogP contribution in [-0.4, -0.2) is 21.3 Å². The number of carbonyl (C=O) groups is 2. The number of hydrogen-bond donors (Lipinski definition) is 1. The van der Waals surface area contributed by atoms with Crippen LogP contribution in [-0.2, 0) is 20.9 Å². The SMILES string of the molecule is O=C1C[C@@H](C(=O)OCc2cc(=O)n3ccccc3n2)c2ccc(F)cc2N1. The number of halogens is 1. The highest BCUT2D eigenvalue weighted by molar-refractivity contribution is 5.99. The number of nitrogens with one attached hydrogen (secondary N) is 1. The van der Waals surface area contributed by atoms with Gasteiger partial charge in [0.05, 0.1) is 11.6 Å². The lowest BCUT2D eigenvalue weighted by molar-refractivity contribution is -0.148. The van der Waals surface area contributed by atoms with Gasteiger partial charge in [0.2, 0.25) is 5.91 Å². The van der Waals surface area contributed by atoms with E-state index in [9.17, 15) is 18.8 Å². The summed E-state index contributed by atoms with van der Waals surface area (Å²) in [7, 11) is 0. The fourth-order valence-electron chi connectivity index (χ4n) is 3.07. The molecule has 0 bridgehead atoms. The summed E-state index contributed by atoms with van der Waals surface area (Å²) in [6, 6.07) is 10.3. The summed E-state index contributed by atoms with van der Waals surface area (Å²) >= 11 is 0. The summed E-state index contributed by atoms with van der Waals surface area (Å²) in [4.78, 5) is 40.7. The zero-order valence-corrected chi connectivity index (χ0v) is 14.0. The Labute approximate surface area is 152 Å². The first-order chi connectivity index (χ1) is 13.0. The molecule has 1 atom stereocenters. The molecule has 0 saturated heterocycles. The minimum Gasteiger partial charge on any atom is -0.459 e. The number of aromatic nitrogens is 2. The average Bonchev–Trinajstić information content (AvgIpc) is 2.65. The average molecular weight is 367 g/mol. The van der Waals surface area contributed by atoms with E-state index in [0.717, 1.165) is 0 Å². The van der Waals surface area contributed by atoms with Gasteiger partial charge in [0.15, 0.2) is 0 Å². The molecule has 1 aliphatic rings. The molecule has 8 heteroatoms. The van der Waals surface area contributed by atoms with Crippen LogP contribution >= 0.6 is 0 Å². The largest absolute Gasteiger partial charge is 0.459 e. The molecule has 0 radical (unpaired) electrons. The predicted octanol–water partition coefficient (Wildman–Crippen LogP) is 2.00. The van der Waals surface area contributed by atoms with E-state index in [2.05, 4.69) is 10.3 Å². The molecular weight excluding hydrogens is 353 g/mol. The third kappa shape index (κ3) is 3.29. The van der Waals surface area contributed by atoms with Crippen molar-refractivity contribution in [1.82, 2.24) is 9.38 Å². The molecule has 1 N–H and O–H groups in total. The van der Waals surface area contributed by atoms with Crippen LogP contribution < -0.4 is 10.9 Å². The van der Waals surface area contributed by atoms with Gasteiger partial charge in [-0.05, 0) is 29.8 Å². The van der Waals surface area contributed by atoms with Crippen LogP contribution in [0.2, 0.25) is 0 Å². The van der Waals surface area contributed by atoms with E-state index >= 15 is 0 Å². The normalized spacial score (nSPS) is 15.9. The molecule has 1 aromatic carbocycles. The molecule has 0 spiro atoms. The van der Waals surface area contributed by atoms with Gasteiger partial charge < -0.3 is 10.1 Å². The third-order valence-electron chi connectivity index (χ3n) is 4.33. The minimum atomic E-state index is -0.837. The summed E-state index contributed by atoms with van der Waals surface area (Å²) in [5.41, 5.74) is 1.21. The summed E-state index contributed by atoms with van der Waals surface area (Å²) in [5, 5.41) is 2.54. The summed E-state index contributed by atoms with van der Waals surface area (Å²) < 4.78 is 20.0. The van der Waals surface area contributed by atoms with E-state index in [1.807, 2.05) is 0 Å². The van der Waals surface area contributed by atoms with Crippen molar-refractivity contribution in [2.75, 3.05) is 5.32 Å². The maximum Gasteiger partial charge on any atom is 0.314 e. The summed E-state index contributed by atoms with van der Waals surface area (Å²) in [6.07, 6.45) is 1.50. The van der Waals surface area contributed by atoms with Gasteiger partial charge in [-0.3, -0.25) is 18.8 Å². The van der Waals surface area contributed by atoms with Gasteiger partial charge in [0.25, 0.3) is 5.56 Å². The van der Waals surface area contributed by atoms with Gasteiger partial charge in [0, 0.05) is 24.4 Å². The fourth-order valence-corrected chi connectivity index (χ4v) is 3.07. The lowest BCUT2D eigenvalue weighted by Gasteiger charge is -2.24. The number of benzene rings is 1. The maximum absolute atomic E-state index is 13.4. The van der Waals surface area contributed by atoms with Crippen molar-refractivity contribution in [2.24, 2.45) is 0 Å². The molecule has 1 amide bonds. The van der Waals surface area contributed by atoms with Crippen molar-refractivity contribution in [3.8, 4) is 0 Å². The second-order valence-corrected chi connectivity index (χ2v) is 6.16. The molecule has 0 fully saturated rings. The molecule has 3 heterocycles. The van der Waals surface area contributed by atoms with Crippen molar-refractivity contribution in [1.29, 1.82) is 0 Å². The highest BCUT2D eigenvalue weighted by Gasteiger charge is 2.32. The Morgan fingerprint density at radius 2 is 2.11 bits per heavy atom. The molecule has 27 heavy (non-hydrogen) atoms. The van der Waals surface area contributed by atoms with Gasteiger partial charge in [-0.1, -0.05) is 12.1 Å². The first-order valence-electron chi connectivity index (χ1n) is 8.24. The monoisotopic (exact) mass is 367 g/mol. The number of anilines is 1.